The van der Waals surface area contributed by atoms with Crippen LogP contribution in [0.1, 0.15) is 24.0 Å². The SMILES string of the molecule is C=C1CN=C(CCCc2ccc(-n3c(-c4ccccc4)ccc3-c3ccccc3)cc2)C=C1c1ccccc1. The minimum atomic E-state index is 0.690. The van der Waals surface area contributed by atoms with Gasteiger partial charge in [0, 0.05) is 11.4 Å². The Labute approximate surface area is 231 Å². The van der Waals surface area contributed by atoms with Gasteiger partial charge in [-0.2, -0.15) is 0 Å². The van der Waals surface area contributed by atoms with Crippen molar-refractivity contribution in [1.29, 1.82) is 0 Å². The largest absolute Gasteiger partial charge is 0.309 e. The van der Waals surface area contributed by atoms with Crippen molar-refractivity contribution in [3.8, 4) is 28.2 Å². The minimum absolute atomic E-state index is 0.690. The standard InChI is InChI=1S/C37H32N2/c1-28-27-38-33(26-35(28)30-13-5-2-6-14-30)19-11-12-29-20-22-34(23-21-29)39-36(31-15-7-3-8-16-31)24-25-37(39)32-17-9-4-10-18-32/h2-10,13-18,20-26H,1,11-12,19,27H2. The van der Waals surface area contributed by atoms with Gasteiger partial charge in [0.15, 0.2) is 0 Å². The predicted molar refractivity (Wildman–Crippen MR) is 165 cm³/mol. The summed E-state index contributed by atoms with van der Waals surface area (Å²) < 4.78 is 2.37. The van der Waals surface area contributed by atoms with Crippen molar-refractivity contribution in [2.45, 2.75) is 19.3 Å². The molecule has 0 aliphatic carbocycles. The summed E-state index contributed by atoms with van der Waals surface area (Å²) in [6.07, 6.45) is 5.29. The first-order valence-electron chi connectivity index (χ1n) is 13.7. The van der Waals surface area contributed by atoms with E-state index in [0.717, 1.165) is 24.8 Å². The number of rotatable bonds is 8. The zero-order valence-electron chi connectivity index (χ0n) is 22.1. The third-order valence-electron chi connectivity index (χ3n) is 7.36. The molecule has 0 saturated heterocycles. The highest BCUT2D eigenvalue weighted by Gasteiger charge is 2.14. The van der Waals surface area contributed by atoms with Gasteiger partial charge in [-0.3, -0.25) is 4.99 Å². The van der Waals surface area contributed by atoms with Crippen molar-refractivity contribution < 1.29 is 0 Å². The molecule has 2 heteroatoms. The molecule has 0 unspecified atom stereocenters. The molecule has 1 aliphatic rings. The lowest BCUT2D eigenvalue weighted by atomic mass is 9.94. The van der Waals surface area contributed by atoms with E-state index >= 15 is 0 Å². The van der Waals surface area contributed by atoms with Gasteiger partial charge in [-0.1, -0.05) is 110 Å². The molecular formula is C37H32N2. The van der Waals surface area contributed by atoms with Crippen LogP contribution in [-0.2, 0) is 6.42 Å². The summed E-state index contributed by atoms with van der Waals surface area (Å²) in [6.45, 7) is 4.93. The van der Waals surface area contributed by atoms with Gasteiger partial charge in [0.05, 0.1) is 17.9 Å². The molecule has 5 aromatic rings. The van der Waals surface area contributed by atoms with Gasteiger partial charge in [-0.25, -0.2) is 0 Å². The molecule has 6 rings (SSSR count). The minimum Gasteiger partial charge on any atom is -0.309 e. The Morgan fingerprint density at radius 1 is 0.590 bits per heavy atom. The second kappa shape index (κ2) is 11.4. The average molecular weight is 505 g/mol. The van der Waals surface area contributed by atoms with Crippen LogP contribution in [0.3, 0.4) is 0 Å². The van der Waals surface area contributed by atoms with E-state index in [1.807, 2.05) is 0 Å². The van der Waals surface area contributed by atoms with Crippen molar-refractivity contribution >= 4 is 11.3 Å². The third kappa shape index (κ3) is 5.46. The van der Waals surface area contributed by atoms with E-state index in [4.69, 9.17) is 4.99 Å². The highest BCUT2D eigenvalue weighted by Crippen LogP contribution is 2.32. The van der Waals surface area contributed by atoms with Crippen LogP contribution < -0.4 is 0 Å². The van der Waals surface area contributed by atoms with Crippen LogP contribution in [-0.4, -0.2) is 16.8 Å². The Bertz CT molecular complexity index is 1560. The lowest BCUT2D eigenvalue weighted by Crippen LogP contribution is -2.07. The van der Waals surface area contributed by atoms with Gasteiger partial charge in [0.2, 0.25) is 0 Å². The van der Waals surface area contributed by atoms with Crippen molar-refractivity contribution in [2.24, 2.45) is 4.99 Å². The van der Waals surface area contributed by atoms with Crippen molar-refractivity contribution in [1.82, 2.24) is 4.57 Å². The monoisotopic (exact) mass is 504 g/mol. The molecule has 0 N–H and O–H groups in total. The van der Waals surface area contributed by atoms with Crippen LogP contribution in [0.4, 0.5) is 0 Å². The number of benzene rings is 4. The molecule has 0 spiro atoms. The average Bonchev–Trinajstić information content (AvgIpc) is 3.45. The van der Waals surface area contributed by atoms with Crippen LogP contribution in [0.2, 0.25) is 0 Å². The Balaban J connectivity index is 1.19. The summed E-state index contributed by atoms with van der Waals surface area (Å²) in [6, 6.07) is 45.3. The molecule has 0 bridgehead atoms. The molecule has 0 fully saturated rings. The Hall–Kier alpha value is -4.69. The van der Waals surface area contributed by atoms with E-state index in [9.17, 15) is 0 Å². The Morgan fingerprint density at radius 3 is 1.69 bits per heavy atom. The number of nitrogens with zero attached hydrogens (tertiary/aromatic N) is 2. The maximum absolute atomic E-state index is 4.78. The Kier molecular flexibility index (Phi) is 7.18. The zero-order chi connectivity index (χ0) is 26.4. The second-order valence-electron chi connectivity index (χ2n) is 10.0. The molecule has 0 amide bonds. The number of aliphatic imine (C=N–C) groups is 1. The van der Waals surface area contributed by atoms with Gasteiger partial charge in [0.1, 0.15) is 0 Å². The van der Waals surface area contributed by atoms with Crippen LogP contribution in [0, 0.1) is 0 Å². The first-order valence-corrected chi connectivity index (χ1v) is 13.7. The van der Waals surface area contributed by atoms with Gasteiger partial charge in [0.25, 0.3) is 0 Å². The molecule has 4 aromatic carbocycles. The van der Waals surface area contributed by atoms with Crippen LogP contribution in [0.5, 0.6) is 0 Å². The summed E-state index contributed by atoms with van der Waals surface area (Å²) in [7, 11) is 0. The first kappa shape index (κ1) is 24.6. The summed E-state index contributed by atoms with van der Waals surface area (Å²) in [4.78, 5) is 4.78. The zero-order valence-corrected chi connectivity index (χ0v) is 22.1. The van der Waals surface area contributed by atoms with Gasteiger partial charge in [-0.15, -0.1) is 0 Å². The number of aryl methyl sites for hydroxylation is 1. The topological polar surface area (TPSA) is 17.3 Å². The summed E-state index contributed by atoms with van der Waals surface area (Å²) in [5.74, 6) is 0. The van der Waals surface area contributed by atoms with Crippen molar-refractivity contribution in [2.75, 3.05) is 6.54 Å². The lowest BCUT2D eigenvalue weighted by molar-refractivity contribution is 0.862. The molecule has 2 nitrogen and oxygen atoms in total. The predicted octanol–water partition coefficient (Wildman–Crippen LogP) is 9.23. The first-order chi connectivity index (χ1) is 19.3. The van der Waals surface area contributed by atoms with E-state index in [1.165, 1.54) is 50.6 Å². The highest BCUT2D eigenvalue weighted by atomic mass is 15.0. The lowest BCUT2D eigenvalue weighted by Gasteiger charge is -2.16. The number of allylic oxidation sites excluding steroid dienone is 1. The smallest absolute Gasteiger partial charge is 0.0643 e. The molecule has 0 atom stereocenters. The van der Waals surface area contributed by atoms with E-state index in [0.29, 0.717) is 6.54 Å². The number of aromatic nitrogens is 1. The fourth-order valence-corrected chi connectivity index (χ4v) is 5.32. The Morgan fingerprint density at radius 2 is 1.13 bits per heavy atom. The van der Waals surface area contributed by atoms with E-state index < -0.39 is 0 Å². The van der Waals surface area contributed by atoms with E-state index in [2.05, 4.69) is 145 Å². The molecule has 190 valence electrons. The van der Waals surface area contributed by atoms with E-state index in [1.54, 1.807) is 0 Å². The number of hydrogen-bond acceptors (Lipinski definition) is 1. The molecule has 1 aliphatic heterocycles. The maximum Gasteiger partial charge on any atom is 0.0643 e. The molecule has 1 aromatic heterocycles. The fraction of sp³-hybridized carbons (Fsp3) is 0.108. The molecule has 0 saturated carbocycles. The molecule has 39 heavy (non-hydrogen) atoms. The molecule has 0 radical (unpaired) electrons. The second-order valence-corrected chi connectivity index (χ2v) is 10.0. The normalized spacial score (nSPS) is 13.2. The number of dihydropyridines is 1. The van der Waals surface area contributed by atoms with Crippen LogP contribution >= 0.6 is 0 Å². The maximum atomic E-state index is 4.78. The van der Waals surface area contributed by atoms with Crippen LogP contribution in [0.15, 0.2) is 151 Å². The quantitative estimate of drug-likeness (QED) is 0.200. The summed E-state index contributed by atoms with van der Waals surface area (Å²) in [5, 5.41) is 0. The van der Waals surface area contributed by atoms with Crippen molar-refractivity contribution in [3.63, 3.8) is 0 Å². The van der Waals surface area contributed by atoms with Crippen molar-refractivity contribution in [3.05, 3.63) is 157 Å². The van der Waals surface area contributed by atoms with Gasteiger partial charge in [-0.05, 0) is 83.0 Å². The van der Waals surface area contributed by atoms with E-state index in [-0.39, 0.29) is 0 Å². The third-order valence-corrected chi connectivity index (χ3v) is 7.36. The number of hydrogen-bond donors (Lipinski definition) is 0. The molecule has 2 heterocycles. The fourth-order valence-electron chi connectivity index (χ4n) is 5.32. The highest BCUT2D eigenvalue weighted by molar-refractivity contribution is 6.05. The van der Waals surface area contributed by atoms with Gasteiger partial charge < -0.3 is 4.57 Å². The summed E-state index contributed by atoms with van der Waals surface area (Å²) >= 11 is 0. The van der Waals surface area contributed by atoms with Gasteiger partial charge >= 0.3 is 0 Å². The van der Waals surface area contributed by atoms with Crippen LogP contribution in [0.25, 0.3) is 33.8 Å². The molecular weight excluding hydrogens is 472 g/mol. The summed E-state index contributed by atoms with van der Waals surface area (Å²) in [5.41, 5.74) is 12.0.